The topological polar surface area (TPSA) is 136 Å². The zero-order chi connectivity index (χ0) is 29.1. The minimum absolute atomic E-state index is 0.0974. The molecular formula is C29H43NO8S. The van der Waals surface area contributed by atoms with Gasteiger partial charge in [0.1, 0.15) is 23.5 Å². The number of Topliss-reactive ketones (excluding diaryl/α,β-unsaturated/α-hetero) is 1. The van der Waals surface area contributed by atoms with Gasteiger partial charge in [-0.1, -0.05) is 34.1 Å². The maximum Gasteiger partial charge on any atom is 0.309 e. The molecule has 7 atom stereocenters. The number of nitrogens with zero attached hydrogens (tertiary/aromatic N) is 1. The SMILES string of the molecule is CC(=O)OCc1nc(C=C(C)[C@H]2C[C@@H]3O[C@@]3(C)CCC[C@@H](C)[C@@H](O)[C@H](C)C(=O)C(C)(C)[C@H](O)CC(=O)O2)cs1. The van der Waals surface area contributed by atoms with Gasteiger partial charge in [0, 0.05) is 24.6 Å². The van der Waals surface area contributed by atoms with Crippen molar-refractivity contribution in [2.24, 2.45) is 17.3 Å². The second kappa shape index (κ2) is 12.6. The average Bonchev–Trinajstić information content (AvgIpc) is 3.27. The lowest BCUT2D eigenvalue weighted by Gasteiger charge is -2.34. The van der Waals surface area contributed by atoms with Crippen molar-refractivity contribution in [2.45, 2.75) is 117 Å². The molecule has 218 valence electrons. The number of aliphatic hydroxyl groups excluding tert-OH is 2. The van der Waals surface area contributed by atoms with Crippen LogP contribution >= 0.6 is 11.3 Å². The Hall–Kier alpha value is -2.14. The Kier molecular flexibility index (Phi) is 10.1. The Morgan fingerprint density at radius 2 is 1.92 bits per heavy atom. The van der Waals surface area contributed by atoms with E-state index in [2.05, 4.69) is 4.98 Å². The second-order valence-electron chi connectivity index (χ2n) is 11.9. The van der Waals surface area contributed by atoms with Gasteiger partial charge in [-0.3, -0.25) is 14.4 Å². The summed E-state index contributed by atoms with van der Waals surface area (Å²) in [7, 11) is 0. The summed E-state index contributed by atoms with van der Waals surface area (Å²) < 4.78 is 17.0. The first-order valence-corrected chi connectivity index (χ1v) is 14.6. The summed E-state index contributed by atoms with van der Waals surface area (Å²) in [5.74, 6) is -2.07. The van der Waals surface area contributed by atoms with Crippen molar-refractivity contribution in [2.75, 3.05) is 0 Å². The van der Waals surface area contributed by atoms with E-state index < -0.39 is 35.6 Å². The highest BCUT2D eigenvalue weighted by molar-refractivity contribution is 7.09. The van der Waals surface area contributed by atoms with E-state index in [1.54, 1.807) is 20.8 Å². The highest BCUT2D eigenvalue weighted by Crippen LogP contribution is 2.45. The predicted octanol–water partition coefficient (Wildman–Crippen LogP) is 4.23. The standard InChI is InChI=1S/C29H43NO8S/c1-16-9-8-10-29(7)23(38-29)12-21(17(2)11-20-15-39-24(30-20)14-36-19(4)31)37-25(33)13-22(32)28(5,6)27(35)18(3)26(16)34/h11,15-16,18,21-23,26,32,34H,8-10,12-14H2,1-7H3/t16-,18+,21-,22-,23+,26-,29+/m1/s1. The number of aliphatic hydroxyl groups is 2. The van der Waals surface area contributed by atoms with Gasteiger partial charge < -0.3 is 24.4 Å². The number of carbonyl (C=O) groups is 3. The van der Waals surface area contributed by atoms with Crippen molar-refractivity contribution in [3.8, 4) is 0 Å². The van der Waals surface area contributed by atoms with Crippen molar-refractivity contribution in [3.05, 3.63) is 21.7 Å². The van der Waals surface area contributed by atoms with Crippen molar-refractivity contribution in [3.63, 3.8) is 0 Å². The summed E-state index contributed by atoms with van der Waals surface area (Å²) in [4.78, 5) is 41.9. The number of rotatable bonds is 4. The first kappa shape index (κ1) is 31.4. The third-order valence-corrected chi connectivity index (χ3v) is 9.10. The molecule has 0 spiro atoms. The molecule has 3 rings (SSSR count). The van der Waals surface area contributed by atoms with Crippen LogP contribution in [-0.2, 0) is 35.2 Å². The minimum atomic E-state index is -1.27. The zero-order valence-electron chi connectivity index (χ0n) is 24.1. The number of thiazole rings is 1. The summed E-state index contributed by atoms with van der Waals surface area (Å²) in [6.45, 7) is 12.2. The zero-order valence-corrected chi connectivity index (χ0v) is 24.9. The van der Waals surface area contributed by atoms with E-state index in [0.717, 1.165) is 24.8 Å². The van der Waals surface area contributed by atoms with E-state index in [1.165, 1.54) is 18.3 Å². The lowest BCUT2D eigenvalue weighted by Crippen LogP contribution is -2.45. The Bertz CT molecular complexity index is 1080. The maximum atomic E-state index is 13.3. The Morgan fingerprint density at radius 3 is 2.59 bits per heavy atom. The van der Waals surface area contributed by atoms with Gasteiger partial charge in [-0.2, -0.15) is 0 Å². The van der Waals surface area contributed by atoms with Gasteiger partial charge in [0.05, 0.1) is 41.4 Å². The number of ketones is 1. The number of hydrogen-bond acceptors (Lipinski definition) is 10. The molecular weight excluding hydrogens is 522 g/mol. The molecule has 0 saturated carbocycles. The van der Waals surface area contributed by atoms with Crippen LogP contribution in [0.15, 0.2) is 11.0 Å². The number of epoxide rings is 1. The molecule has 9 nitrogen and oxygen atoms in total. The van der Waals surface area contributed by atoms with Crippen molar-refractivity contribution in [1.82, 2.24) is 4.98 Å². The van der Waals surface area contributed by atoms with Gasteiger partial charge in [0.15, 0.2) is 0 Å². The molecule has 2 fully saturated rings. The van der Waals surface area contributed by atoms with E-state index in [1.807, 2.05) is 32.2 Å². The van der Waals surface area contributed by atoms with Crippen LogP contribution in [0.5, 0.6) is 0 Å². The molecule has 0 aliphatic carbocycles. The van der Waals surface area contributed by atoms with Crippen molar-refractivity contribution >= 4 is 35.1 Å². The molecule has 0 radical (unpaired) electrons. The highest BCUT2D eigenvalue weighted by atomic mass is 32.1. The molecule has 0 unspecified atom stereocenters. The molecule has 2 aliphatic rings. The predicted molar refractivity (Wildman–Crippen MR) is 147 cm³/mol. The summed E-state index contributed by atoms with van der Waals surface area (Å²) in [6, 6.07) is 0. The largest absolute Gasteiger partial charge is 0.458 e. The van der Waals surface area contributed by atoms with Crippen LogP contribution in [0.25, 0.3) is 6.08 Å². The lowest BCUT2D eigenvalue weighted by atomic mass is 9.73. The normalized spacial score (nSPS) is 34.6. The Balaban J connectivity index is 1.83. The van der Waals surface area contributed by atoms with Crippen molar-refractivity contribution < 1.29 is 38.8 Å². The summed E-state index contributed by atoms with van der Waals surface area (Å²) >= 11 is 1.37. The monoisotopic (exact) mass is 565 g/mol. The molecule has 39 heavy (non-hydrogen) atoms. The fourth-order valence-corrected chi connectivity index (χ4v) is 5.90. The molecule has 0 aromatic carbocycles. The molecule has 0 amide bonds. The van der Waals surface area contributed by atoms with Gasteiger partial charge in [-0.25, -0.2) is 4.98 Å². The first-order chi connectivity index (χ1) is 18.1. The number of esters is 2. The molecule has 2 aliphatic heterocycles. The lowest BCUT2D eigenvalue weighted by molar-refractivity contribution is -0.154. The number of fused-ring (bicyclic) bond motifs is 1. The van der Waals surface area contributed by atoms with Gasteiger partial charge in [-0.05, 0) is 44.3 Å². The fraction of sp³-hybridized carbons (Fsp3) is 0.724. The molecule has 3 heterocycles. The smallest absolute Gasteiger partial charge is 0.309 e. The van der Waals surface area contributed by atoms with Gasteiger partial charge in [0.25, 0.3) is 0 Å². The van der Waals surface area contributed by atoms with Crippen molar-refractivity contribution in [1.29, 1.82) is 0 Å². The van der Waals surface area contributed by atoms with Gasteiger partial charge in [0.2, 0.25) is 0 Å². The van der Waals surface area contributed by atoms with E-state index >= 15 is 0 Å². The Labute approximate surface area is 234 Å². The van der Waals surface area contributed by atoms with Crippen LogP contribution < -0.4 is 0 Å². The third kappa shape index (κ3) is 7.96. The summed E-state index contributed by atoms with van der Waals surface area (Å²) in [6.07, 6.45) is 1.44. The van der Waals surface area contributed by atoms with Crippen LogP contribution in [-0.4, -0.2) is 62.9 Å². The van der Waals surface area contributed by atoms with Gasteiger partial charge >= 0.3 is 11.9 Å². The van der Waals surface area contributed by atoms with E-state index in [9.17, 15) is 24.6 Å². The number of hydrogen-bond donors (Lipinski definition) is 2. The number of aromatic nitrogens is 1. The molecule has 10 heteroatoms. The summed E-state index contributed by atoms with van der Waals surface area (Å²) in [5.41, 5.74) is -0.168. The average molecular weight is 566 g/mol. The molecule has 2 N–H and O–H groups in total. The molecule has 0 bridgehead atoms. The van der Waals surface area contributed by atoms with E-state index in [4.69, 9.17) is 14.2 Å². The molecule has 1 aromatic rings. The highest BCUT2D eigenvalue weighted by Gasteiger charge is 2.53. The third-order valence-electron chi connectivity index (χ3n) is 8.26. The van der Waals surface area contributed by atoms with Crippen LogP contribution in [0.1, 0.15) is 91.3 Å². The quantitative estimate of drug-likeness (QED) is 0.406. The van der Waals surface area contributed by atoms with E-state index in [-0.39, 0.29) is 42.4 Å². The van der Waals surface area contributed by atoms with Crippen LogP contribution in [0.2, 0.25) is 0 Å². The second-order valence-corrected chi connectivity index (χ2v) is 12.9. The van der Waals surface area contributed by atoms with E-state index in [0.29, 0.717) is 17.1 Å². The molecule has 1 aromatic heterocycles. The Morgan fingerprint density at radius 1 is 1.23 bits per heavy atom. The summed E-state index contributed by atoms with van der Waals surface area (Å²) in [5, 5.41) is 24.3. The van der Waals surface area contributed by atoms with Crippen LogP contribution in [0.3, 0.4) is 0 Å². The maximum absolute atomic E-state index is 13.3. The first-order valence-electron chi connectivity index (χ1n) is 13.7. The van der Waals surface area contributed by atoms with Crippen LogP contribution in [0, 0.1) is 17.3 Å². The molecule has 2 saturated heterocycles. The minimum Gasteiger partial charge on any atom is -0.458 e. The van der Waals surface area contributed by atoms with Gasteiger partial charge in [-0.15, -0.1) is 11.3 Å². The number of carbonyl (C=O) groups excluding carboxylic acids is 3. The van der Waals surface area contributed by atoms with Crippen LogP contribution in [0.4, 0.5) is 0 Å². The number of ether oxygens (including phenoxy) is 3. The fourth-order valence-electron chi connectivity index (χ4n) is 5.24. The number of cyclic esters (lactones) is 1.